The van der Waals surface area contributed by atoms with Crippen LogP contribution in [0.4, 0.5) is 11.4 Å². The van der Waals surface area contributed by atoms with Crippen LogP contribution in [0.15, 0.2) is 62.3 Å². The van der Waals surface area contributed by atoms with Crippen molar-refractivity contribution < 1.29 is 43.8 Å². The quantitative estimate of drug-likeness (QED) is 0.109. The highest BCUT2D eigenvalue weighted by molar-refractivity contribution is 6.16. The van der Waals surface area contributed by atoms with Crippen LogP contribution >= 0.6 is 0 Å². The zero-order valence-corrected chi connectivity index (χ0v) is 40.1. The van der Waals surface area contributed by atoms with Crippen LogP contribution in [0.25, 0.3) is 38.7 Å². The second-order valence-electron chi connectivity index (χ2n) is 19.3. The molecule has 66 heavy (non-hydrogen) atoms. The van der Waals surface area contributed by atoms with Crippen molar-refractivity contribution in [2.45, 2.75) is 118 Å². The van der Waals surface area contributed by atoms with Crippen molar-refractivity contribution in [3.63, 3.8) is 0 Å². The molecular formula is C51H66N4O11. The van der Waals surface area contributed by atoms with Crippen molar-refractivity contribution in [3.8, 4) is 11.5 Å². The van der Waals surface area contributed by atoms with Crippen LogP contribution in [0.5, 0.6) is 11.5 Å². The fourth-order valence-corrected chi connectivity index (χ4v) is 9.83. The number of aliphatic hydroxyl groups is 3. The minimum Gasteiger partial charge on any atom is -0.507 e. The standard InChI is InChI=1S/C51H66N4O11/c1-24(2)54(11)32-16-19-55(20-17-32)33-22-34(56)40-36(23-33)65-48-41(52-40)37-38-45(59)31(9)47-39(37)49(61)51(10,66-47)64-21-18-35(63-12)28(6)27(5)29(7)44(58)30(8)43(57)25(3)14-13-15-26(4)50(62)53-42(48)46(38)60/h13-15,18,21-25,27-30,32,35,43-44,57-59,61H,16-17,19-20H2,1-12H3,(H,53,62)/b14-13+,21-18+,26-15-/t25-,27+,28-,29-,30+,35-,43-,44-,51-/m0/s1. The number of aliphatic hydroxyl groups excluding tert-OH is 3. The first-order valence-corrected chi connectivity index (χ1v) is 23.0. The first kappa shape index (κ1) is 48.5. The van der Waals surface area contributed by atoms with E-state index in [0.29, 0.717) is 30.9 Å². The van der Waals surface area contributed by atoms with Gasteiger partial charge in [-0.05, 0) is 71.4 Å². The number of fused-ring (bicyclic) bond motifs is 2. The molecule has 0 saturated carbocycles. The van der Waals surface area contributed by atoms with Crippen LogP contribution in [-0.2, 0) is 14.3 Å². The minimum absolute atomic E-state index is 0.00621. The van der Waals surface area contributed by atoms with E-state index in [1.165, 1.54) is 26.2 Å². The van der Waals surface area contributed by atoms with E-state index in [9.17, 15) is 34.8 Å². The van der Waals surface area contributed by atoms with Gasteiger partial charge in [0.1, 0.15) is 22.7 Å². The molecule has 15 heteroatoms. The topological polar surface area (TPSA) is 204 Å². The normalized spacial score (nSPS) is 30.2. The predicted octanol–water partition coefficient (Wildman–Crippen LogP) is 6.57. The van der Waals surface area contributed by atoms with Gasteiger partial charge in [-0.25, -0.2) is 4.98 Å². The van der Waals surface area contributed by atoms with E-state index in [0.717, 1.165) is 12.8 Å². The number of carbonyl (C=O) groups is 1. The average Bonchev–Trinajstić information content (AvgIpc) is 3.56. The number of nitrogens with one attached hydrogen (secondary N) is 1. The number of carbonyl (C=O) groups excluding carboxylic acids is 1. The Morgan fingerprint density at radius 1 is 0.924 bits per heavy atom. The summed E-state index contributed by atoms with van der Waals surface area (Å²) in [5.41, 5.74) is -1.01. The minimum atomic E-state index is -1.89. The first-order valence-electron chi connectivity index (χ1n) is 23.0. The summed E-state index contributed by atoms with van der Waals surface area (Å²) >= 11 is 0. The maximum atomic E-state index is 14.9. The van der Waals surface area contributed by atoms with Gasteiger partial charge in [0.2, 0.25) is 10.9 Å². The largest absolute Gasteiger partial charge is 0.507 e. The molecule has 3 aliphatic heterocycles. The highest BCUT2D eigenvalue weighted by atomic mass is 16.7. The number of nitrogens with zero attached hydrogens (tertiary/aromatic N) is 3. The van der Waals surface area contributed by atoms with Crippen molar-refractivity contribution in [1.82, 2.24) is 9.88 Å². The van der Waals surface area contributed by atoms with Gasteiger partial charge in [-0.3, -0.25) is 14.4 Å². The molecular weight excluding hydrogens is 845 g/mol. The average molecular weight is 911 g/mol. The number of phenolic OH excluding ortho intramolecular Hbond substituents is 1. The molecule has 15 nitrogen and oxygen atoms in total. The van der Waals surface area contributed by atoms with Gasteiger partial charge in [-0.15, -0.1) is 0 Å². The maximum Gasteiger partial charge on any atom is 0.307 e. The molecule has 3 aromatic carbocycles. The molecule has 4 heterocycles. The molecule has 0 aliphatic carbocycles. The summed E-state index contributed by atoms with van der Waals surface area (Å²) in [6.07, 6.45) is 7.41. The number of anilines is 2. The summed E-state index contributed by atoms with van der Waals surface area (Å²) in [4.78, 5) is 52.3. The molecule has 0 unspecified atom stereocenters. The van der Waals surface area contributed by atoms with Crippen molar-refractivity contribution in [2.75, 3.05) is 37.5 Å². The summed E-state index contributed by atoms with van der Waals surface area (Å²) in [7, 11) is 3.68. The summed E-state index contributed by atoms with van der Waals surface area (Å²) < 4.78 is 24.9. The number of aromatic hydroxyl groups is 1. The van der Waals surface area contributed by atoms with Gasteiger partial charge in [0.05, 0.1) is 35.2 Å². The summed E-state index contributed by atoms with van der Waals surface area (Å²) in [6, 6.07) is 3.99. The van der Waals surface area contributed by atoms with Crippen molar-refractivity contribution in [2.24, 2.45) is 29.6 Å². The van der Waals surface area contributed by atoms with E-state index >= 15 is 0 Å². The molecule has 356 valence electrons. The van der Waals surface area contributed by atoms with Crippen molar-refractivity contribution in [1.29, 1.82) is 0 Å². The molecule has 7 rings (SSSR count). The number of hydrogen-bond donors (Lipinski definition) is 5. The van der Waals surface area contributed by atoms with Gasteiger partial charge >= 0.3 is 5.79 Å². The first-order chi connectivity index (χ1) is 31.1. The Labute approximate surface area is 385 Å². The Morgan fingerprint density at radius 3 is 2.26 bits per heavy atom. The van der Waals surface area contributed by atoms with E-state index in [2.05, 4.69) is 36.0 Å². The van der Waals surface area contributed by atoms with Crippen molar-refractivity contribution in [3.05, 3.63) is 79.5 Å². The third-order valence-electron chi connectivity index (χ3n) is 15.0. The Kier molecular flexibility index (Phi) is 13.7. The third kappa shape index (κ3) is 8.55. The lowest BCUT2D eigenvalue weighted by Gasteiger charge is -2.39. The lowest BCUT2D eigenvalue weighted by atomic mass is 9.74. The van der Waals surface area contributed by atoms with Crippen molar-refractivity contribution >= 4 is 56.0 Å². The molecule has 1 fully saturated rings. The number of allylic oxidation sites excluding steroid dienone is 2. The number of phenols is 1. The Morgan fingerprint density at radius 2 is 1.61 bits per heavy atom. The summed E-state index contributed by atoms with van der Waals surface area (Å²) in [5.74, 6) is -4.96. The predicted molar refractivity (Wildman–Crippen MR) is 257 cm³/mol. The van der Waals surface area contributed by atoms with Crippen LogP contribution in [-0.4, -0.2) is 99.6 Å². The number of piperidine rings is 1. The van der Waals surface area contributed by atoms with Gasteiger partial charge in [0.15, 0.2) is 22.4 Å². The van der Waals surface area contributed by atoms with Crippen LogP contribution in [0, 0.1) is 36.5 Å². The number of aromatic nitrogens is 1. The molecule has 1 saturated heterocycles. The lowest BCUT2D eigenvalue weighted by molar-refractivity contribution is -0.112. The summed E-state index contributed by atoms with van der Waals surface area (Å²) in [6.45, 7) is 19.8. The molecule has 0 radical (unpaired) electrons. The highest BCUT2D eigenvalue weighted by Crippen LogP contribution is 2.42. The zero-order valence-electron chi connectivity index (χ0n) is 40.1. The third-order valence-corrected chi connectivity index (χ3v) is 15.0. The smallest absolute Gasteiger partial charge is 0.307 e. The Hall–Kier alpha value is -5.48. The molecule has 9 atom stereocenters. The molecule has 4 aromatic rings. The van der Waals surface area contributed by atoms with Gasteiger partial charge in [0, 0.05) is 85.4 Å². The number of rotatable bonds is 4. The number of amides is 1. The van der Waals surface area contributed by atoms with E-state index in [1.807, 2.05) is 27.7 Å². The highest BCUT2D eigenvalue weighted by Gasteiger charge is 2.44. The fourth-order valence-electron chi connectivity index (χ4n) is 9.83. The number of methoxy groups -OCH3 is 1. The second kappa shape index (κ2) is 18.7. The van der Waals surface area contributed by atoms with E-state index in [1.54, 1.807) is 51.3 Å². The van der Waals surface area contributed by atoms with Crippen LogP contribution in [0.1, 0.15) is 80.7 Å². The lowest BCUT2D eigenvalue weighted by Crippen LogP contribution is -2.45. The maximum absolute atomic E-state index is 14.9. The van der Waals surface area contributed by atoms with Gasteiger partial charge in [0.25, 0.3) is 5.91 Å². The van der Waals surface area contributed by atoms with Crippen LogP contribution in [0.3, 0.4) is 0 Å². The molecule has 4 bridgehead atoms. The Balaban J connectivity index is 1.45. The number of ether oxygens (including phenoxy) is 3. The monoisotopic (exact) mass is 910 g/mol. The molecule has 0 spiro atoms. The molecule has 5 N–H and O–H groups in total. The van der Waals surface area contributed by atoms with E-state index < -0.39 is 64.2 Å². The van der Waals surface area contributed by atoms with E-state index in [-0.39, 0.29) is 78.5 Å². The number of hydrogen-bond acceptors (Lipinski definition) is 14. The Bertz CT molecular complexity index is 2810. The SMILES string of the molecule is CO[C@H]1/C=C/O[C@@]2(C)Oc3c(C)c(O)c4c(=O)c(c5oc6cc(N7CCC(N(C)C(C)C)CC7)cc(=O)c6nc5c4c3=C2O)NC(=O)/C(C)=C\C=C\[C@H](C)[C@H](O)[C@@H](C)[C@@H](O)[C@@H](C)[C@H](C)[C@@H]1C. The summed E-state index contributed by atoms with van der Waals surface area (Å²) in [5, 5.41) is 49.3. The second-order valence-corrected chi connectivity index (χ2v) is 19.3. The van der Waals surface area contributed by atoms with Crippen LogP contribution in [0.2, 0.25) is 0 Å². The van der Waals surface area contributed by atoms with Gasteiger partial charge < -0.3 is 54.2 Å². The molecule has 1 aromatic heterocycles. The van der Waals surface area contributed by atoms with Gasteiger partial charge in [-0.1, -0.05) is 52.8 Å². The number of benzene rings is 3. The van der Waals surface area contributed by atoms with Crippen LogP contribution < -0.4 is 31.0 Å². The molecule has 3 aliphatic rings. The fraction of sp³-hybridized carbons (Fsp3) is 0.529. The molecule has 1 amide bonds. The van der Waals surface area contributed by atoms with E-state index in [4.69, 9.17) is 23.6 Å². The van der Waals surface area contributed by atoms with Gasteiger partial charge in [-0.2, -0.15) is 0 Å². The zero-order chi connectivity index (χ0) is 48.3.